The molecular weight excluding hydrogens is 252 g/mol. The number of benzene rings is 1. The van der Waals surface area contributed by atoms with E-state index in [0.717, 1.165) is 0 Å². The Bertz CT molecular complexity index is 510. The van der Waals surface area contributed by atoms with E-state index in [9.17, 15) is 4.39 Å². The average molecular weight is 260 g/mol. The zero-order valence-electron chi connectivity index (χ0n) is 8.38. The molecule has 1 heterocycles. The number of aromatic nitrogens is 1. The highest BCUT2D eigenvalue weighted by molar-refractivity contribution is 6.31. The van der Waals surface area contributed by atoms with Gasteiger partial charge in [-0.25, -0.2) is 9.37 Å². The van der Waals surface area contributed by atoms with Gasteiger partial charge in [-0.05, 0) is 25.1 Å². The van der Waals surface area contributed by atoms with Gasteiger partial charge in [-0.3, -0.25) is 0 Å². The fourth-order valence-electron chi connectivity index (χ4n) is 1.25. The lowest BCUT2D eigenvalue weighted by atomic mass is 10.2. The molecule has 0 aliphatic rings. The molecule has 0 spiro atoms. The molecule has 2 rings (SSSR count). The summed E-state index contributed by atoms with van der Waals surface area (Å²) in [6.45, 7) is 1.76. The summed E-state index contributed by atoms with van der Waals surface area (Å²) in [5.74, 6) is 0.484. The summed E-state index contributed by atoms with van der Waals surface area (Å²) in [7, 11) is 0. The van der Waals surface area contributed by atoms with Gasteiger partial charge in [0.15, 0.2) is 5.76 Å². The highest BCUT2D eigenvalue weighted by Gasteiger charge is 2.11. The van der Waals surface area contributed by atoms with Crippen LogP contribution in [0.1, 0.15) is 18.2 Å². The SMILES string of the molecule is CC(Cl)c1ncc(-c2ccc(F)c(Cl)c2)o1. The molecule has 0 amide bonds. The Morgan fingerprint density at radius 1 is 1.44 bits per heavy atom. The normalized spacial score (nSPS) is 12.8. The molecule has 1 aromatic heterocycles. The standard InChI is InChI=1S/C11H8Cl2FNO/c1-6(12)11-15-5-10(16-11)7-2-3-9(14)8(13)4-7/h2-6H,1H3. The van der Waals surface area contributed by atoms with Crippen LogP contribution < -0.4 is 0 Å². The van der Waals surface area contributed by atoms with Gasteiger partial charge in [-0.1, -0.05) is 11.6 Å². The summed E-state index contributed by atoms with van der Waals surface area (Å²) in [5.41, 5.74) is 0.669. The van der Waals surface area contributed by atoms with Crippen LogP contribution in [-0.4, -0.2) is 4.98 Å². The highest BCUT2D eigenvalue weighted by Crippen LogP contribution is 2.28. The van der Waals surface area contributed by atoms with Crippen molar-refractivity contribution in [2.24, 2.45) is 0 Å². The van der Waals surface area contributed by atoms with Crippen molar-refractivity contribution in [2.75, 3.05) is 0 Å². The molecule has 0 saturated carbocycles. The maximum Gasteiger partial charge on any atom is 0.212 e. The molecule has 2 nitrogen and oxygen atoms in total. The second-order valence-corrected chi connectivity index (χ2v) is 4.37. The largest absolute Gasteiger partial charge is 0.439 e. The first kappa shape index (κ1) is 11.4. The Morgan fingerprint density at radius 3 is 2.75 bits per heavy atom. The third kappa shape index (κ3) is 2.20. The first-order valence-electron chi connectivity index (χ1n) is 4.63. The monoisotopic (exact) mass is 259 g/mol. The molecule has 1 unspecified atom stereocenters. The molecule has 2 aromatic rings. The summed E-state index contributed by atoms with van der Waals surface area (Å²) < 4.78 is 18.4. The van der Waals surface area contributed by atoms with Crippen molar-refractivity contribution in [1.29, 1.82) is 0 Å². The smallest absolute Gasteiger partial charge is 0.212 e. The van der Waals surface area contributed by atoms with E-state index < -0.39 is 5.82 Å². The number of halogens is 3. The summed E-state index contributed by atoms with van der Waals surface area (Å²) in [6.07, 6.45) is 1.54. The van der Waals surface area contributed by atoms with Crippen LogP contribution in [0.25, 0.3) is 11.3 Å². The van der Waals surface area contributed by atoms with Gasteiger partial charge in [-0.15, -0.1) is 11.6 Å². The van der Waals surface area contributed by atoms with Crippen LogP contribution in [0, 0.1) is 5.82 Å². The van der Waals surface area contributed by atoms with Crippen molar-refractivity contribution in [1.82, 2.24) is 4.98 Å². The maximum atomic E-state index is 12.9. The predicted molar refractivity (Wildman–Crippen MR) is 61.2 cm³/mol. The van der Waals surface area contributed by atoms with Crippen LogP contribution >= 0.6 is 23.2 Å². The van der Waals surface area contributed by atoms with Gasteiger partial charge in [0.25, 0.3) is 0 Å². The summed E-state index contributed by atoms with van der Waals surface area (Å²) in [6, 6.07) is 4.34. The third-order valence-corrected chi connectivity index (χ3v) is 2.54. The van der Waals surface area contributed by atoms with Gasteiger partial charge < -0.3 is 4.42 Å². The van der Waals surface area contributed by atoms with Crippen molar-refractivity contribution in [3.8, 4) is 11.3 Å². The van der Waals surface area contributed by atoms with Crippen LogP contribution in [0.5, 0.6) is 0 Å². The minimum absolute atomic E-state index is 0.0503. The molecule has 0 aliphatic carbocycles. The van der Waals surface area contributed by atoms with Gasteiger partial charge in [0.1, 0.15) is 11.2 Å². The first-order chi connectivity index (χ1) is 7.58. The molecule has 0 saturated heterocycles. The van der Waals surface area contributed by atoms with E-state index in [4.69, 9.17) is 27.6 Å². The molecule has 84 valence electrons. The molecular formula is C11H8Cl2FNO. The Balaban J connectivity index is 2.39. The first-order valence-corrected chi connectivity index (χ1v) is 5.44. The zero-order valence-corrected chi connectivity index (χ0v) is 9.89. The summed E-state index contributed by atoms with van der Waals surface area (Å²) in [5, 5.41) is -0.251. The quantitative estimate of drug-likeness (QED) is 0.746. The predicted octanol–water partition coefficient (Wildman–Crippen LogP) is 4.43. The molecule has 0 bridgehead atoms. The van der Waals surface area contributed by atoms with Crippen molar-refractivity contribution < 1.29 is 8.81 Å². The Morgan fingerprint density at radius 2 is 2.19 bits per heavy atom. The number of oxazole rings is 1. The highest BCUT2D eigenvalue weighted by atomic mass is 35.5. The topological polar surface area (TPSA) is 26.0 Å². The van der Waals surface area contributed by atoms with Gasteiger partial charge in [-0.2, -0.15) is 0 Å². The molecule has 0 aliphatic heterocycles. The maximum absolute atomic E-state index is 12.9. The van der Waals surface area contributed by atoms with Crippen LogP contribution in [0.15, 0.2) is 28.8 Å². The minimum atomic E-state index is -0.462. The Hall–Kier alpha value is -1.06. The lowest BCUT2D eigenvalue weighted by Crippen LogP contribution is -1.81. The zero-order chi connectivity index (χ0) is 11.7. The number of hydrogen-bond acceptors (Lipinski definition) is 2. The minimum Gasteiger partial charge on any atom is -0.439 e. The molecule has 5 heteroatoms. The van der Waals surface area contributed by atoms with E-state index in [2.05, 4.69) is 4.98 Å². The third-order valence-electron chi connectivity index (χ3n) is 2.07. The van der Waals surface area contributed by atoms with Crippen LogP contribution in [-0.2, 0) is 0 Å². The molecule has 0 N–H and O–H groups in total. The number of alkyl halides is 1. The van der Waals surface area contributed by atoms with Gasteiger partial charge in [0.05, 0.1) is 11.2 Å². The summed E-state index contributed by atoms with van der Waals surface area (Å²) in [4.78, 5) is 4.01. The Labute approximate surface area is 102 Å². The van der Waals surface area contributed by atoms with Crippen molar-refractivity contribution in [3.05, 3.63) is 41.1 Å². The second kappa shape index (κ2) is 4.44. The van der Waals surface area contributed by atoms with Crippen LogP contribution in [0.3, 0.4) is 0 Å². The van der Waals surface area contributed by atoms with E-state index in [1.54, 1.807) is 13.0 Å². The fourth-order valence-corrected chi connectivity index (χ4v) is 1.54. The Kier molecular flexibility index (Phi) is 3.17. The lowest BCUT2D eigenvalue weighted by molar-refractivity contribution is 0.508. The van der Waals surface area contributed by atoms with Crippen LogP contribution in [0.4, 0.5) is 4.39 Å². The summed E-state index contributed by atoms with van der Waals surface area (Å²) >= 11 is 11.5. The molecule has 0 radical (unpaired) electrons. The lowest BCUT2D eigenvalue weighted by Gasteiger charge is -1.99. The van der Waals surface area contributed by atoms with Crippen molar-refractivity contribution in [2.45, 2.75) is 12.3 Å². The van der Waals surface area contributed by atoms with Crippen molar-refractivity contribution >= 4 is 23.2 Å². The van der Waals surface area contributed by atoms with E-state index in [0.29, 0.717) is 17.2 Å². The molecule has 1 atom stereocenters. The van der Waals surface area contributed by atoms with Gasteiger partial charge in [0.2, 0.25) is 5.89 Å². The number of rotatable bonds is 2. The van der Waals surface area contributed by atoms with E-state index in [-0.39, 0.29) is 10.4 Å². The van der Waals surface area contributed by atoms with E-state index in [1.807, 2.05) is 0 Å². The molecule has 0 fully saturated rings. The second-order valence-electron chi connectivity index (χ2n) is 3.31. The van der Waals surface area contributed by atoms with Gasteiger partial charge in [0, 0.05) is 5.56 Å². The van der Waals surface area contributed by atoms with E-state index >= 15 is 0 Å². The van der Waals surface area contributed by atoms with Crippen LogP contribution in [0.2, 0.25) is 5.02 Å². The average Bonchev–Trinajstić information content (AvgIpc) is 2.71. The number of nitrogens with zero attached hydrogens (tertiary/aromatic N) is 1. The number of hydrogen-bond donors (Lipinski definition) is 0. The molecule has 16 heavy (non-hydrogen) atoms. The van der Waals surface area contributed by atoms with E-state index in [1.165, 1.54) is 18.3 Å². The van der Waals surface area contributed by atoms with Gasteiger partial charge >= 0.3 is 0 Å². The fraction of sp³-hybridized carbons (Fsp3) is 0.182. The van der Waals surface area contributed by atoms with Crippen molar-refractivity contribution in [3.63, 3.8) is 0 Å². The molecule has 1 aromatic carbocycles.